The Labute approximate surface area is 109 Å². The molecule has 1 aliphatic rings. The van der Waals surface area contributed by atoms with E-state index in [-0.39, 0.29) is 0 Å². The van der Waals surface area contributed by atoms with Gasteiger partial charge in [0.1, 0.15) is 5.82 Å². The number of aryl methyl sites for hydroxylation is 2. The zero-order valence-corrected chi connectivity index (χ0v) is 11.4. The smallest absolute Gasteiger partial charge is 0.109 e. The van der Waals surface area contributed by atoms with E-state index in [1.54, 1.807) is 0 Å². The van der Waals surface area contributed by atoms with Gasteiger partial charge in [-0.05, 0) is 49.8 Å². The Hall–Kier alpha value is -1.31. The second-order valence-corrected chi connectivity index (χ2v) is 5.40. The molecular formula is C16H22N2. The molecule has 0 N–H and O–H groups in total. The number of fused-ring (bicyclic) bond motifs is 1. The number of aromatic nitrogens is 2. The summed E-state index contributed by atoms with van der Waals surface area (Å²) in [6, 6.07) is 6.86. The van der Waals surface area contributed by atoms with E-state index in [0.29, 0.717) is 0 Å². The third-order valence-corrected chi connectivity index (χ3v) is 3.97. The largest absolute Gasteiger partial charge is 0.328 e. The summed E-state index contributed by atoms with van der Waals surface area (Å²) in [6.45, 7) is 5.49. The monoisotopic (exact) mass is 242 g/mol. The van der Waals surface area contributed by atoms with E-state index < -0.39 is 0 Å². The Bertz CT molecular complexity index is 549. The van der Waals surface area contributed by atoms with Crippen molar-refractivity contribution < 1.29 is 0 Å². The Morgan fingerprint density at radius 1 is 1.28 bits per heavy atom. The van der Waals surface area contributed by atoms with Crippen LogP contribution in [0.5, 0.6) is 0 Å². The predicted molar refractivity (Wildman–Crippen MR) is 76.0 cm³/mol. The molecule has 96 valence electrons. The van der Waals surface area contributed by atoms with Crippen LogP contribution < -0.4 is 0 Å². The molecule has 0 radical (unpaired) electrons. The first-order valence-electron chi connectivity index (χ1n) is 7.32. The van der Waals surface area contributed by atoms with Gasteiger partial charge in [0.2, 0.25) is 0 Å². The number of unbranched alkanes of at least 4 members (excludes halogenated alkanes) is 1. The number of nitrogens with zero attached hydrogens (tertiary/aromatic N) is 2. The average molecular weight is 242 g/mol. The molecule has 2 nitrogen and oxygen atoms in total. The highest BCUT2D eigenvalue weighted by Gasteiger charge is 2.24. The van der Waals surface area contributed by atoms with Gasteiger partial charge in [-0.2, -0.15) is 0 Å². The molecule has 0 atom stereocenters. The van der Waals surface area contributed by atoms with Crippen LogP contribution in [0.1, 0.15) is 56.8 Å². The van der Waals surface area contributed by atoms with Crippen LogP contribution in [0.4, 0.5) is 0 Å². The molecule has 1 saturated carbocycles. The lowest BCUT2D eigenvalue weighted by Crippen LogP contribution is -2.01. The summed E-state index contributed by atoms with van der Waals surface area (Å²) in [5, 5.41) is 0. The molecule has 0 spiro atoms. The van der Waals surface area contributed by atoms with Gasteiger partial charge in [0.05, 0.1) is 11.0 Å². The van der Waals surface area contributed by atoms with E-state index in [2.05, 4.69) is 36.6 Å². The summed E-state index contributed by atoms with van der Waals surface area (Å²) in [5.41, 5.74) is 4.03. The van der Waals surface area contributed by atoms with E-state index in [1.165, 1.54) is 48.1 Å². The average Bonchev–Trinajstić information content (AvgIpc) is 3.17. The third kappa shape index (κ3) is 2.05. The van der Waals surface area contributed by atoms with E-state index in [0.717, 1.165) is 18.9 Å². The third-order valence-electron chi connectivity index (χ3n) is 3.97. The van der Waals surface area contributed by atoms with Crippen LogP contribution in [-0.4, -0.2) is 9.55 Å². The van der Waals surface area contributed by atoms with Crippen molar-refractivity contribution in [3.05, 3.63) is 29.6 Å². The van der Waals surface area contributed by atoms with Crippen molar-refractivity contribution in [2.75, 3.05) is 0 Å². The molecule has 1 heterocycles. The fourth-order valence-corrected chi connectivity index (χ4v) is 2.74. The molecule has 1 aromatic carbocycles. The highest BCUT2D eigenvalue weighted by atomic mass is 15.1. The van der Waals surface area contributed by atoms with Crippen molar-refractivity contribution in [2.24, 2.45) is 0 Å². The highest BCUT2D eigenvalue weighted by molar-refractivity contribution is 5.77. The van der Waals surface area contributed by atoms with Gasteiger partial charge in [0, 0.05) is 13.0 Å². The molecule has 0 saturated heterocycles. The van der Waals surface area contributed by atoms with Gasteiger partial charge in [-0.25, -0.2) is 4.98 Å². The molecular weight excluding hydrogens is 220 g/mol. The van der Waals surface area contributed by atoms with Crippen LogP contribution in [0.2, 0.25) is 0 Å². The lowest BCUT2D eigenvalue weighted by Gasteiger charge is -2.06. The summed E-state index contributed by atoms with van der Waals surface area (Å²) in [7, 11) is 0. The minimum absolute atomic E-state index is 0.827. The molecule has 1 aliphatic carbocycles. The molecule has 3 rings (SSSR count). The maximum Gasteiger partial charge on any atom is 0.109 e. The zero-order valence-electron chi connectivity index (χ0n) is 11.4. The fraction of sp³-hybridized carbons (Fsp3) is 0.562. The van der Waals surface area contributed by atoms with Gasteiger partial charge in [-0.1, -0.05) is 19.4 Å². The molecule has 1 aromatic heterocycles. The first kappa shape index (κ1) is 11.8. The van der Waals surface area contributed by atoms with Crippen LogP contribution >= 0.6 is 0 Å². The van der Waals surface area contributed by atoms with Crippen LogP contribution in [0, 0.1) is 0 Å². The van der Waals surface area contributed by atoms with Crippen LogP contribution in [-0.2, 0) is 13.0 Å². The van der Waals surface area contributed by atoms with E-state index in [9.17, 15) is 0 Å². The molecule has 18 heavy (non-hydrogen) atoms. The van der Waals surface area contributed by atoms with Gasteiger partial charge in [-0.3, -0.25) is 0 Å². The van der Waals surface area contributed by atoms with Crippen LogP contribution in [0.3, 0.4) is 0 Å². The van der Waals surface area contributed by atoms with Crippen molar-refractivity contribution >= 4 is 11.0 Å². The highest BCUT2D eigenvalue weighted by Crippen LogP contribution is 2.40. The second kappa shape index (κ2) is 4.75. The summed E-state index contributed by atoms with van der Waals surface area (Å²) in [4.78, 5) is 4.80. The first-order chi connectivity index (χ1) is 8.83. The minimum atomic E-state index is 0.827. The van der Waals surface area contributed by atoms with Gasteiger partial charge in [0.25, 0.3) is 0 Å². The number of hydrogen-bond donors (Lipinski definition) is 0. The van der Waals surface area contributed by atoms with Gasteiger partial charge < -0.3 is 4.57 Å². The first-order valence-corrected chi connectivity index (χ1v) is 7.32. The summed E-state index contributed by atoms with van der Waals surface area (Å²) >= 11 is 0. The minimum Gasteiger partial charge on any atom is -0.328 e. The Morgan fingerprint density at radius 2 is 2.11 bits per heavy atom. The van der Waals surface area contributed by atoms with Gasteiger partial charge in [0.15, 0.2) is 0 Å². The summed E-state index contributed by atoms with van der Waals surface area (Å²) < 4.78 is 2.40. The predicted octanol–water partition coefficient (Wildman–Crippen LogP) is 4.28. The molecule has 2 aromatic rings. The van der Waals surface area contributed by atoms with Crippen LogP contribution in [0.15, 0.2) is 18.2 Å². The molecule has 0 unspecified atom stereocenters. The van der Waals surface area contributed by atoms with Gasteiger partial charge >= 0.3 is 0 Å². The number of imidazole rings is 1. The van der Waals surface area contributed by atoms with E-state index in [1.807, 2.05) is 0 Å². The lowest BCUT2D eigenvalue weighted by molar-refractivity contribution is 0.675. The summed E-state index contributed by atoms with van der Waals surface area (Å²) in [6.07, 6.45) is 6.32. The molecule has 0 amide bonds. The van der Waals surface area contributed by atoms with Crippen molar-refractivity contribution in [3.63, 3.8) is 0 Å². The molecule has 1 fully saturated rings. The standard InChI is InChI=1S/C16H22N2/c1-3-5-6-16-17-14-10-9-13(12-7-8-12)11-15(14)18(16)4-2/h9-12H,3-8H2,1-2H3. The molecule has 0 bridgehead atoms. The molecule has 2 heteroatoms. The quantitative estimate of drug-likeness (QED) is 0.765. The van der Waals surface area contributed by atoms with Crippen LogP contribution in [0.25, 0.3) is 11.0 Å². The number of benzene rings is 1. The van der Waals surface area contributed by atoms with Crippen molar-refractivity contribution in [1.29, 1.82) is 0 Å². The maximum absolute atomic E-state index is 4.80. The van der Waals surface area contributed by atoms with Crippen molar-refractivity contribution in [1.82, 2.24) is 9.55 Å². The Kier molecular flexibility index (Phi) is 3.11. The normalized spacial score (nSPS) is 15.4. The maximum atomic E-state index is 4.80. The van der Waals surface area contributed by atoms with Crippen molar-refractivity contribution in [3.8, 4) is 0 Å². The SMILES string of the molecule is CCCCc1nc2ccc(C3CC3)cc2n1CC. The van der Waals surface area contributed by atoms with E-state index in [4.69, 9.17) is 4.98 Å². The lowest BCUT2D eigenvalue weighted by atomic mass is 10.1. The topological polar surface area (TPSA) is 17.8 Å². The molecule has 0 aliphatic heterocycles. The van der Waals surface area contributed by atoms with E-state index >= 15 is 0 Å². The fourth-order valence-electron chi connectivity index (χ4n) is 2.74. The zero-order chi connectivity index (χ0) is 12.5. The number of rotatable bonds is 5. The summed E-state index contributed by atoms with van der Waals surface area (Å²) in [5.74, 6) is 2.09. The Balaban J connectivity index is 2.03. The second-order valence-electron chi connectivity index (χ2n) is 5.40. The number of hydrogen-bond acceptors (Lipinski definition) is 1. The van der Waals surface area contributed by atoms with Crippen molar-refractivity contribution in [2.45, 2.75) is 58.4 Å². The van der Waals surface area contributed by atoms with Gasteiger partial charge in [-0.15, -0.1) is 0 Å². The Morgan fingerprint density at radius 3 is 2.78 bits per heavy atom.